The number of carbonyl (C=O) groups is 2. The number of thiocarbonyl (C=S) groups is 1. The average molecular weight is 468 g/mol. The number of carbonyl (C=O) groups excluding carboxylic acids is 2. The first-order valence-corrected chi connectivity index (χ1v) is 11.0. The standard InChI is InChI=1S/C23H18ClN3O2S2/c1-14-12-17(15(2)26(14)19-10-8-18(24)9-11-19)13-20-22(29)27(23(30)31-20)25-21(28)16-6-4-3-5-7-16/h3-13H,1-2H3,(H,25,28)/b20-13+. The molecule has 1 N–H and O–H groups in total. The Kier molecular flexibility index (Phi) is 6.00. The summed E-state index contributed by atoms with van der Waals surface area (Å²) in [5.41, 5.74) is 6.95. The second-order valence-corrected chi connectivity index (χ2v) is 9.07. The molecule has 1 fully saturated rings. The SMILES string of the molecule is Cc1cc(/C=C2/SC(=S)N(NC(=O)c3ccccc3)C2=O)c(C)n1-c1ccc(Cl)cc1. The maximum absolute atomic E-state index is 12.9. The number of aryl methyl sites for hydroxylation is 1. The van der Waals surface area contributed by atoms with Gasteiger partial charge in [0.05, 0.1) is 4.91 Å². The van der Waals surface area contributed by atoms with Crippen LogP contribution < -0.4 is 5.43 Å². The summed E-state index contributed by atoms with van der Waals surface area (Å²) in [5.74, 6) is -0.741. The maximum Gasteiger partial charge on any atom is 0.285 e. The van der Waals surface area contributed by atoms with Gasteiger partial charge in [-0.15, -0.1) is 0 Å². The van der Waals surface area contributed by atoms with E-state index in [1.807, 2.05) is 56.3 Å². The molecule has 0 saturated carbocycles. The highest BCUT2D eigenvalue weighted by atomic mass is 35.5. The topological polar surface area (TPSA) is 54.3 Å². The van der Waals surface area contributed by atoms with Gasteiger partial charge in [0.15, 0.2) is 4.32 Å². The van der Waals surface area contributed by atoms with Crippen LogP contribution in [0.2, 0.25) is 5.02 Å². The molecule has 4 rings (SSSR count). The highest BCUT2D eigenvalue weighted by Gasteiger charge is 2.34. The van der Waals surface area contributed by atoms with Crippen molar-refractivity contribution in [1.82, 2.24) is 15.0 Å². The van der Waals surface area contributed by atoms with Crippen LogP contribution in [0.1, 0.15) is 27.3 Å². The van der Waals surface area contributed by atoms with Crippen LogP contribution in [-0.2, 0) is 4.79 Å². The van der Waals surface area contributed by atoms with Crippen LogP contribution in [0.25, 0.3) is 11.8 Å². The van der Waals surface area contributed by atoms with Crippen molar-refractivity contribution in [3.63, 3.8) is 0 Å². The van der Waals surface area contributed by atoms with E-state index in [0.29, 0.717) is 15.5 Å². The molecule has 8 heteroatoms. The molecular weight excluding hydrogens is 450 g/mol. The third-order valence-electron chi connectivity index (χ3n) is 4.88. The Labute approximate surface area is 194 Å². The summed E-state index contributed by atoms with van der Waals surface area (Å²) < 4.78 is 2.38. The predicted octanol–water partition coefficient (Wildman–Crippen LogP) is 5.29. The van der Waals surface area contributed by atoms with Crippen molar-refractivity contribution in [3.05, 3.63) is 93.1 Å². The number of rotatable bonds is 4. The van der Waals surface area contributed by atoms with Gasteiger partial charge in [-0.3, -0.25) is 15.0 Å². The summed E-state index contributed by atoms with van der Waals surface area (Å²) >= 11 is 12.5. The van der Waals surface area contributed by atoms with Crippen molar-refractivity contribution in [2.24, 2.45) is 0 Å². The molecule has 0 aliphatic carbocycles. The summed E-state index contributed by atoms with van der Waals surface area (Å²) in [6.45, 7) is 4.00. The first-order valence-electron chi connectivity index (χ1n) is 9.44. The fraction of sp³-hybridized carbons (Fsp3) is 0.0870. The Morgan fingerprint density at radius 1 is 1.10 bits per heavy atom. The lowest BCUT2D eigenvalue weighted by Gasteiger charge is -2.15. The summed E-state index contributed by atoms with van der Waals surface area (Å²) in [5, 5.41) is 1.80. The van der Waals surface area contributed by atoms with Crippen LogP contribution in [0.15, 0.2) is 65.6 Å². The lowest BCUT2D eigenvalue weighted by Crippen LogP contribution is -2.44. The molecule has 3 aromatic rings. The van der Waals surface area contributed by atoms with Crippen molar-refractivity contribution >= 4 is 57.8 Å². The van der Waals surface area contributed by atoms with Gasteiger partial charge in [0.2, 0.25) is 0 Å². The van der Waals surface area contributed by atoms with Crippen LogP contribution in [-0.4, -0.2) is 25.7 Å². The molecule has 2 amide bonds. The van der Waals surface area contributed by atoms with E-state index in [4.69, 9.17) is 23.8 Å². The molecule has 1 aliphatic rings. The van der Waals surface area contributed by atoms with Gasteiger partial charge >= 0.3 is 0 Å². The van der Waals surface area contributed by atoms with Crippen molar-refractivity contribution in [2.75, 3.05) is 0 Å². The Hall–Kier alpha value is -2.87. The monoisotopic (exact) mass is 467 g/mol. The molecule has 156 valence electrons. The van der Waals surface area contributed by atoms with Crippen molar-refractivity contribution < 1.29 is 9.59 Å². The number of hydrogen-bond acceptors (Lipinski definition) is 4. The highest BCUT2D eigenvalue weighted by Crippen LogP contribution is 2.33. The average Bonchev–Trinajstić information content (AvgIpc) is 3.19. The number of hydrogen-bond donors (Lipinski definition) is 1. The van der Waals surface area contributed by atoms with Crippen molar-refractivity contribution in [2.45, 2.75) is 13.8 Å². The Balaban J connectivity index is 1.59. The molecule has 2 aromatic carbocycles. The first-order chi connectivity index (χ1) is 14.8. The minimum Gasteiger partial charge on any atom is -0.318 e. The largest absolute Gasteiger partial charge is 0.318 e. The zero-order valence-corrected chi connectivity index (χ0v) is 19.1. The summed E-state index contributed by atoms with van der Waals surface area (Å²) in [6, 6.07) is 18.3. The minimum absolute atomic E-state index is 0.284. The summed E-state index contributed by atoms with van der Waals surface area (Å²) in [6.07, 6.45) is 1.81. The zero-order chi connectivity index (χ0) is 22.1. The Morgan fingerprint density at radius 3 is 2.45 bits per heavy atom. The fourth-order valence-electron chi connectivity index (χ4n) is 3.38. The molecular formula is C23H18ClN3O2S2. The third-order valence-corrected chi connectivity index (χ3v) is 6.44. The molecule has 31 heavy (non-hydrogen) atoms. The van der Waals surface area contributed by atoms with Crippen molar-refractivity contribution in [3.8, 4) is 5.69 Å². The van der Waals surface area contributed by atoms with Gasteiger partial charge in [0.1, 0.15) is 0 Å². The number of benzene rings is 2. The van der Waals surface area contributed by atoms with E-state index in [0.717, 1.165) is 39.4 Å². The third kappa shape index (κ3) is 4.30. The quantitative estimate of drug-likeness (QED) is 0.418. The van der Waals surface area contributed by atoms with Gasteiger partial charge in [0, 0.05) is 27.7 Å². The molecule has 0 atom stereocenters. The van der Waals surface area contributed by atoms with Crippen LogP contribution in [0.5, 0.6) is 0 Å². The van der Waals surface area contributed by atoms with E-state index in [-0.39, 0.29) is 16.1 Å². The van der Waals surface area contributed by atoms with E-state index in [2.05, 4.69) is 9.99 Å². The fourth-order valence-corrected chi connectivity index (χ4v) is 4.68. The van der Waals surface area contributed by atoms with Crippen LogP contribution in [0.4, 0.5) is 0 Å². The summed E-state index contributed by atoms with van der Waals surface area (Å²) in [7, 11) is 0. The summed E-state index contributed by atoms with van der Waals surface area (Å²) in [4.78, 5) is 25.8. The Morgan fingerprint density at radius 2 is 1.77 bits per heavy atom. The van der Waals surface area contributed by atoms with E-state index in [1.54, 1.807) is 24.3 Å². The molecule has 1 saturated heterocycles. The van der Waals surface area contributed by atoms with Gasteiger partial charge in [0.25, 0.3) is 11.8 Å². The molecule has 0 unspecified atom stereocenters. The lowest BCUT2D eigenvalue weighted by atomic mass is 10.2. The zero-order valence-electron chi connectivity index (χ0n) is 16.8. The molecule has 0 spiro atoms. The van der Waals surface area contributed by atoms with Crippen LogP contribution in [0.3, 0.4) is 0 Å². The number of nitrogens with zero attached hydrogens (tertiary/aromatic N) is 2. The molecule has 5 nitrogen and oxygen atoms in total. The van der Waals surface area contributed by atoms with Gasteiger partial charge in [-0.2, -0.15) is 5.01 Å². The van der Waals surface area contributed by atoms with E-state index >= 15 is 0 Å². The number of amides is 2. The van der Waals surface area contributed by atoms with E-state index < -0.39 is 0 Å². The minimum atomic E-state index is -0.390. The molecule has 2 heterocycles. The molecule has 0 bridgehead atoms. The van der Waals surface area contributed by atoms with Gasteiger partial charge in [-0.05, 0) is 80.2 Å². The van der Waals surface area contributed by atoms with Gasteiger partial charge in [-0.1, -0.05) is 41.6 Å². The smallest absolute Gasteiger partial charge is 0.285 e. The van der Waals surface area contributed by atoms with Gasteiger partial charge < -0.3 is 4.57 Å². The lowest BCUT2D eigenvalue weighted by molar-refractivity contribution is -0.123. The van der Waals surface area contributed by atoms with Crippen LogP contribution in [0, 0.1) is 13.8 Å². The maximum atomic E-state index is 12.9. The first kappa shape index (κ1) is 21.4. The van der Waals surface area contributed by atoms with E-state index in [9.17, 15) is 9.59 Å². The molecule has 1 aliphatic heterocycles. The molecule has 0 radical (unpaired) electrons. The second-order valence-electron chi connectivity index (χ2n) is 6.96. The normalized spacial score (nSPS) is 15.1. The van der Waals surface area contributed by atoms with Crippen molar-refractivity contribution in [1.29, 1.82) is 0 Å². The number of nitrogens with one attached hydrogen (secondary N) is 1. The molecule has 1 aromatic heterocycles. The second kappa shape index (κ2) is 8.70. The number of hydrazine groups is 1. The number of aromatic nitrogens is 1. The Bertz CT molecular complexity index is 1220. The number of halogens is 1. The number of thioether (sulfide) groups is 1. The van der Waals surface area contributed by atoms with E-state index in [1.165, 1.54) is 0 Å². The highest BCUT2D eigenvalue weighted by molar-refractivity contribution is 8.26. The predicted molar refractivity (Wildman–Crippen MR) is 129 cm³/mol. The van der Waals surface area contributed by atoms with Gasteiger partial charge in [-0.25, -0.2) is 0 Å². The van der Waals surface area contributed by atoms with Crippen LogP contribution >= 0.6 is 35.6 Å².